The first kappa shape index (κ1) is 14.0. The second-order valence-electron chi connectivity index (χ2n) is 4.59. The summed E-state index contributed by atoms with van der Waals surface area (Å²) in [6, 6.07) is 0.818. The van der Waals surface area contributed by atoms with Crippen LogP contribution in [0.2, 0.25) is 0 Å². The first-order valence-electron chi connectivity index (χ1n) is 6.39. The molecular formula is C12H16N4O4. The minimum atomic E-state index is -0.879. The van der Waals surface area contributed by atoms with E-state index in [4.69, 9.17) is 4.52 Å². The number of nitrogens with one attached hydrogen (secondary N) is 3. The molecule has 0 aliphatic carbocycles. The molecule has 1 aliphatic heterocycles. The Morgan fingerprint density at radius 3 is 2.90 bits per heavy atom. The van der Waals surface area contributed by atoms with Gasteiger partial charge in [0.15, 0.2) is 5.82 Å². The number of nitrogens with zero attached hydrogens (tertiary/aromatic N) is 1. The Hall–Kier alpha value is -2.38. The topological polar surface area (TPSA) is 113 Å². The van der Waals surface area contributed by atoms with E-state index in [1.807, 2.05) is 0 Å². The Kier molecular flexibility index (Phi) is 4.34. The number of hydrogen-bond donors (Lipinski definition) is 3. The van der Waals surface area contributed by atoms with Crippen molar-refractivity contribution in [2.45, 2.75) is 32.2 Å². The van der Waals surface area contributed by atoms with E-state index >= 15 is 0 Å². The molecule has 1 aromatic heterocycles. The van der Waals surface area contributed by atoms with Gasteiger partial charge in [-0.2, -0.15) is 0 Å². The van der Waals surface area contributed by atoms with E-state index < -0.39 is 17.9 Å². The van der Waals surface area contributed by atoms with Crippen molar-refractivity contribution in [3.8, 4) is 0 Å². The van der Waals surface area contributed by atoms with E-state index in [1.54, 1.807) is 6.92 Å². The number of carbonyl (C=O) groups is 3. The van der Waals surface area contributed by atoms with E-state index in [-0.39, 0.29) is 11.7 Å². The molecule has 0 unspecified atom stereocenters. The van der Waals surface area contributed by atoms with E-state index in [2.05, 4.69) is 21.1 Å². The zero-order valence-corrected chi connectivity index (χ0v) is 11.1. The first-order valence-corrected chi connectivity index (χ1v) is 6.39. The molecule has 3 amide bonds. The normalized spacial score (nSPS) is 18.9. The molecule has 1 saturated heterocycles. The molecule has 0 bridgehead atoms. The fourth-order valence-corrected chi connectivity index (χ4v) is 1.90. The Labute approximate surface area is 115 Å². The van der Waals surface area contributed by atoms with Crippen LogP contribution in [-0.2, 0) is 14.4 Å². The van der Waals surface area contributed by atoms with Crippen LogP contribution in [-0.4, -0.2) is 35.5 Å². The molecule has 2 rings (SSSR count). The van der Waals surface area contributed by atoms with Crippen LogP contribution in [0, 0.1) is 6.92 Å². The van der Waals surface area contributed by atoms with Crippen molar-refractivity contribution in [3.63, 3.8) is 0 Å². The summed E-state index contributed by atoms with van der Waals surface area (Å²) in [5.74, 6) is -1.33. The summed E-state index contributed by atoms with van der Waals surface area (Å²) in [6.45, 7) is 2.26. The molecule has 2 heterocycles. The summed E-state index contributed by atoms with van der Waals surface area (Å²) in [7, 11) is 0. The predicted molar refractivity (Wildman–Crippen MR) is 68.7 cm³/mol. The lowest BCUT2D eigenvalue weighted by molar-refractivity contribution is -0.138. The maximum absolute atomic E-state index is 11.7. The summed E-state index contributed by atoms with van der Waals surface area (Å²) in [5.41, 5.74) is 0. The standard InChI is InChI=1S/C12H16N4O4/c1-7-6-9(16-20-7)15-12(19)11(18)14-8-4-2-3-5-13-10(8)17/h6,8H,2-5H2,1H3,(H,13,17)(H,14,18)(H,15,16,19)/t8-/m1/s1. The van der Waals surface area contributed by atoms with Crippen LogP contribution in [0.25, 0.3) is 0 Å². The highest BCUT2D eigenvalue weighted by Gasteiger charge is 2.25. The fourth-order valence-electron chi connectivity index (χ4n) is 1.90. The highest BCUT2D eigenvalue weighted by molar-refractivity contribution is 6.39. The van der Waals surface area contributed by atoms with Gasteiger partial charge in [-0.15, -0.1) is 0 Å². The highest BCUT2D eigenvalue weighted by Crippen LogP contribution is 2.07. The smallest absolute Gasteiger partial charge is 0.314 e. The van der Waals surface area contributed by atoms with Crippen molar-refractivity contribution < 1.29 is 18.9 Å². The number of anilines is 1. The van der Waals surface area contributed by atoms with Crippen LogP contribution in [0.5, 0.6) is 0 Å². The van der Waals surface area contributed by atoms with Gasteiger partial charge < -0.3 is 15.2 Å². The van der Waals surface area contributed by atoms with E-state index in [0.29, 0.717) is 18.7 Å². The third-order valence-corrected chi connectivity index (χ3v) is 2.92. The van der Waals surface area contributed by atoms with Crippen molar-refractivity contribution in [1.82, 2.24) is 15.8 Å². The van der Waals surface area contributed by atoms with Gasteiger partial charge in [0.2, 0.25) is 5.91 Å². The largest absolute Gasteiger partial charge is 0.360 e. The molecule has 0 aromatic carbocycles. The molecule has 20 heavy (non-hydrogen) atoms. The number of carbonyl (C=O) groups excluding carboxylic acids is 3. The molecular weight excluding hydrogens is 264 g/mol. The average Bonchev–Trinajstić information content (AvgIpc) is 2.70. The van der Waals surface area contributed by atoms with Crippen molar-refractivity contribution in [2.24, 2.45) is 0 Å². The fraction of sp³-hybridized carbons (Fsp3) is 0.500. The third kappa shape index (κ3) is 3.56. The van der Waals surface area contributed by atoms with Gasteiger partial charge in [-0.25, -0.2) is 0 Å². The second-order valence-corrected chi connectivity index (χ2v) is 4.59. The molecule has 1 aliphatic rings. The minimum absolute atomic E-state index is 0.160. The summed E-state index contributed by atoms with van der Waals surface area (Å²) in [6.07, 6.45) is 2.20. The summed E-state index contributed by atoms with van der Waals surface area (Å²) < 4.78 is 4.77. The van der Waals surface area contributed by atoms with Gasteiger partial charge in [0, 0.05) is 12.6 Å². The lowest BCUT2D eigenvalue weighted by Crippen LogP contribution is -2.48. The van der Waals surface area contributed by atoms with Crippen molar-refractivity contribution >= 4 is 23.5 Å². The number of aryl methyl sites for hydroxylation is 1. The maximum atomic E-state index is 11.7. The van der Waals surface area contributed by atoms with E-state index in [1.165, 1.54) is 6.07 Å². The SMILES string of the molecule is Cc1cc(NC(=O)C(=O)N[C@@H]2CCCCNC2=O)no1. The molecule has 108 valence electrons. The lowest BCUT2D eigenvalue weighted by Gasteiger charge is -2.14. The van der Waals surface area contributed by atoms with Gasteiger partial charge >= 0.3 is 11.8 Å². The van der Waals surface area contributed by atoms with Crippen LogP contribution >= 0.6 is 0 Å². The first-order chi connectivity index (χ1) is 9.56. The van der Waals surface area contributed by atoms with Gasteiger partial charge in [-0.3, -0.25) is 19.7 Å². The molecule has 3 N–H and O–H groups in total. The van der Waals surface area contributed by atoms with Crippen LogP contribution in [0.1, 0.15) is 25.0 Å². The molecule has 1 atom stereocenters. The molecule has 1 aromatic rings. The number of aromatic nitrogens is 1. The Bertz CT molecular complexity index is 525. The monoisotopic (exact) mass is 280 g/mol. The van der Waals surface area contributed by atoms with Gasteiger partial charge in [0.25, 0.3) is 0 Å². The quantitative estimate of drug-likeness (QED) is 0.644. The zero-order chi connectivity index (χ0) is 14.5. The van der Waals surface area contributed by atoms with Crippen molar-refractivity contribution in [1.29, 1.82) is 0 Å². The Morgan fingerprint density at radius 2 is 2.20 bits per heavy atom. The predicted octanol–water partition coefficient (Wildman–Crippen LogP) is -0.294. The van der Waals surface area contributed by atoms with Crippen LogP contribution in [0.15, 0.2) is 10.6 Å². The van der Waals surface area contributed by atoms with Crippen LogP contribution in [0.3, 0.4) is 0 Å². The van der Waals surface area contributed by atoms with Crippen molar-refractivity contribution in [2.75, 3.05) is 11.9 Å². The zero-order valence-electron chi connectivity index (χ0n) is 11.1. The molecule has 0 radical (unpaired) electrons. The summed E-state index contributed by atoms with van der Waals surface area (Å²) in [4.78, 5) is 35.0. The van der Waals surface area contributed by atoms with E-state index in [0.717, 1.165) is 12.8 Å². The number of amides is 3. The summed E-state index contributed by atoms with van der Waals surface area (Å²) >= 11 is 0. The second kappa shape index (κ2) is 6.18. The van der Waals surface area contributed by atoms with Crippen LogP contribution in [0.4, 0.5) is 5.82 Å². The van der Waals surface area contributed by atoms with Gasteiger partial charge in [0.05, 0.1) is 0 Å². The number of rotatable bonds is 2. The van der Waals surface area contributed by atoms with Gasteiger partial charge in [0.1, 0.15) is 11.8 Å². The molecule has 8 heteroatoms. The Balaban J connectivity index is 1.90. The maximum Gasteiger partial charge on any atom is 0.314 e. The van der Waals surface area contributed by atoms with E-state index in [9.17, 15) is 14.4 Å². The highest BCUT2D eigenvalue weighted by atomic mass is 16.5. The molecule has 0 saturated carbocycles. The summed E-state index contributed by atoms with van der Waals surface area (Å²) in [5, 5.41) is 10.9. The molecule has 8 nitrogen and oxygen atoms in total. The molecule has 0 spiro atoms. The van der Waals surface area contributed by atoms with Gasteiger partial charge in [-0.05, 0) is 26.2 Å². The molecule has 1 fully saturated rings. The van der Waals surface area contributed by atoms with Gasteiger partial charge in [-0.1, -0.05) is 5.16 Å². The Morgan fingerprint density at radius 1 is 1.40 bits per heavy atom. The third-order valence-electron chi connectivity index (χ3n) is 2.92. The van der Waals surface area contributed by atoms with Crippen molar-refractivity contribution in [3.05, 3.63) is 11.8 Å². The number of hydrogen-bond acceptors (Lipinski definition) is 5. The lowest BCUT2D eigenvalue weighted by atomic mass is 10.1. The minimum Gasteiger partial charge on any atom is -0.360 e. The van der Waals surface area contributed by atoms with Crippen LogP contribution < -0.4 is 16.0 Å². The average molecular weight is 280 g/mol.